The number of amides is 2. The van der Waals surface area contributed by atoms with Crippen LogP contribution in [0, 0.1) is 5.41 Å². The van der Waals surface area contributed by atoms with E-state index in [1.807, 2.05) is 32.0 Å². The summed E-state index contributed by atoms with van der Waals surface area (Å²) < 4.78 is 4.62. The molecule has 0 aliphatic rings. The molecule has 0 unspecified atom stereocenters. The molecule has 2 aromatic rings. The van der Waals surface area contributed by atoms with Gasteiger partial charge in [0, 0.05) is 29.4 Å². The fourth-order valence-electron chi connectivity index (χ4n) is 2.69. The zero-order chi connectivity index (χ0) is 20.7. The smallest absolute Gasteiger partial charge is 0.411 e. The maximum Gasteiger partial charge on any atom is 0.411 e. The number of hydrogen-bond donors (Lipinski definition) is 2. The number of nitrogens with two attached hydrogens (primary N) is 1. The van der Waals surface area contributed by atoms with Crippen LogP contribution in [0.5, 0.6) is 0 Å². The highest BCUT2D eigenvalue weighted by atomic mass is 35.5. The van der Waals surface area contributed by atoms with E-state index in [2.05, 4.69) is 10.1 Å². The van der Waals surface area contributed by atoms with Gasteiger partial charge in [-0.2, -0.15) is 0 Å². The number of rotatable bonds is 7. The topological polar surface area (TPSA) is 84.7 Å². The molecule has 0 fully saturated rings. The van der Waals surface area contributed by atoms with E-state index in [1.165, 1.54) is 7.11 Å². The van der Waals surface area contributed by atoms with E-state index >= 15 is 0 Å². The standard InChI is InChI=1S/C21H26ClN3O3/c1-21(2,13-23)14-25(19(26)15-7-5-4-6-8-15)12-16-11-17(9-10-18(16)22)24-20(27)28-3/h4-11H,12-14,23H2,1-3H3,(H,24,27). The van der Waals surface area contributed by atoms with Crippen LogP contribution in [0.3, 0.4) is 0 Å². The minimum absolute atomic E-state index is 0.107. The molecule has 2 rings (SSSR count). The number of carbonyl (C=O) groups excluding carboxylic acids is 2. The van der Waals surface area contributed by atoms with Crippen molar-refractivity contribution in [2.24, 2.45) is 11.1 Å². The highest BCUT2D eigenvalue weighted by Crippen LogP contribution is 2.25. The van der Waals surface area contributed by atoms with Crippen LogP contribution in [-0.4, -0.2) is 37.1 Å². The Kier molecular flexibility index (Phi) is 7.43. The van der Waals surface area contributed by atoms with Gasteiger partial charge in [-0.15, -0.1) is 0 Å². The number of anilines is 1. The monoisotopic (exact) mass is 403 g/mol. The molecule has 0 aliphatic carbocycles. The molecule has 2 aromatic carbocycles. The lowest BCUT2D eigenvalue weighted by atomic mass is 9.92. The lowest BCUT2D eigenvalue weighted by Crippen LogP contribution is -2.41. The highest BCUT2D eigenvalue weighted by molar-refractivity contribution is 6.31. The summed E-state index contributed by atoms with van der Waals surface area (Å²) in [6.07, 6.45) is -0.574. The van der Waals surface area contributed by atoms with Crippen molar-refractivity contribution in [1.82, 2.24) is 4.90 Å². The summed E-state index contributed by atoms with van der Waals surface area (Å²) in [5, 5.41) is 3.12. The van der Waals surface area contributed by atoms with Crippen molar-refractivity contribution in [1.29, 1.82) is 0 Å². The zero-order valence-electron chi connectivity index (χ0n) is 16.4. The normalized spacial score (nSPS) is 11.0. The number of halogens is 1. The second kappa shape index (κ2) is 9.57. The van der Waals surface area contributed by atoms with Gasteiger partial charge in [-0.3, -0.25) is 10.1 Å². The third kappa shape index (κ3) is 5.97. The predicted molar refractivity (Wildman–Crippen MR) is 111 cm³/mol. The van der Waals surface area contributed by atoms with Gasteiger partial charge in [0.2, 0.25) is 0 Å². The third-order valence-electron chi connectivity index (χ3n) is 4.32. The lowest BCUT2D eigenvalue weighted by molar-refractivity contribution is 0.0673. The summed E-state index contributed by atoms with van der Waals surface area (Å²) in [4.78, 5) is 26.3. The van der Waals surface area contributed by atoms with E-state index in [9.17, 15) is 9.59 Å². The van der Waals surface area contributed by atoms with Gasteiger partial charge < -0.3 is 15.4 Å². The van der Waals surface area contributed by atoms with Gasteiger partial charge in [0.05, 0.1) is 7.11 Å². The maximum absolute atomic E-state index is 13.1. The van der Waals surface area contributed by atoms with Gasteiger partial charge in [0.1, 0.15) is 0 Å². The molecule has 28 heavy (non-hydrogen) atoms. The summed E-state index contributed by atoms with van der Waals surface area (Å²) in [6, 6.07) is 14.2. The Morgan fingerprint density at radius 1 is 1.18 bits per heavy atom. The third-order valence-corrected chi connectivity index (χ3v) is 4.69. The first-order valence-electron chi connectivity index (χ1n) is 8.93. The van der Waals surface area contributed by atoms with E-state index in [0.717, 1.165) is 0 Å². The molecule has 6 nitrogen and oxygen atoms in total. The fraction of sp³-hybridized carbons (Fsp3) is 0.333. The Hall–Kier alpha value is -2.57. The molecule has 0 aromatic heterocycles. The molecule has 0 heterocycles. The van der Waals surface area contributed by atoms with Gasteiger partial charge >= 0.3 is 6.09 Å². The minimum Gasteiger partial charge on any atom is -0.453 e. The van der Waals surface area contributed by atoms with Crippen molar-refractivity contribution in [3.05, 3.63) is 64.7 Å². The highest BCUT2D eigenvalue weighted by Gasteiger charge is 2.25. The molecule has 0 aliphatic heterocycles. The van der Waals surface area contributed by atoms with Crippen LogP contribution in [0.4, 0.5) is 10.5 Å². The molecule has 150 valence electrons. The number of ether oxygens (including phenoxy) is 1. The number of benzene rings is 2. The zero-order valence-corrected chi connectivity index (χ0v) is 17.1. The number of carbonyl (C=O) groups is 2. The van der Waals surface area contributed by atoms with E-state index in [4.69, 9.17) is 17.3 Å². The van der Waals surface area contributed by atoms with Gasteiger partial charge in [-0.05, 0) is 47.9 Å². The van der Waals surface area contributed by atoms with Gasteiger partial charge in [-0.25, -0.2) is 4.79 Å². The minimum atomic E-state index is -0.574. The molecule has 2 amide bonds. The Bertz CT molecular complexity index is 825. The summed E-state index contributed by atoms with van der Waals surface area (Å²) >= 11 is 6.36. The quantitative estimate of drug-likeness (QED) is 0.727. The first kappa shape index (κ1) is 21.7. The van der Waals surface area contributed by atoms with Crippen molar-refractivity contribution in [2.45, 2.75) is 20.4 Å². The van der Waals surface area contributed by atoms with Crippen molar-refractivity contribution < 1.29 is 14.3 Å². The molecule has 0 saturated carbocycles. The van der Waals surface area contributed by atoms with Crippen LogP contribution in [0.25, 0.3) is 0 Å². The van der Waals surface area contributed by atoms with E-state index in [0.29, 0.717) is 34.9 Å². The molecule has 0 saturated heterocycles. The van der Waals surface area contributed by atoms with Crippen LogP contribution < -0.4 is 11.1 Å². The molecular weight excluding hydrogens is 378 g/mol. The molecule has 7 heteroatoms. The van der Waals surface area contributed by atoms with Crippen LogP contribution in [0.1, 0.15) is 29.8 Å². The Labute approximate surface area is 170 Å². The molecule has 0 spiro atoms. The predicted octanol–water partition coefficient (Wildman–Crippen LogP) is 4.15. The first-order valence-corrected chi connectivity index (χ1v) is 9.31. The summed E-state index contributed by atoms with van der Waals surface area (Å²) in [5.74, 6) is -0.107. The van der Waals surface area contributed by atoms with Gasteiger partial charge in [-0.1, -0.05) is 43.6 Å². The van der Waals surface area contributed by atoms with Crippen LogP contribution in [-0.2, 0) is 11.3 Å². The van der Waals surface area contributed by atoms with E-state index in [-0.39, 0.29) is 17.9 Å². The van der Waals surface area contributed by atoms with Gasteiger partial charge in [0.15, 0.2) is 0 Å². The Morgan fingerprint density at radius 2 is 1.86 bits per heavy atom. The largest absolute Gasteiger partial charge is 0.453 e. The maximum atomic E-state index is 13.1. The van der Waals surface area contributed by atoms with Crippen molar-refractivity contribution in [2.75, 3.05) is 25.5 Å². The summed E-state index contributed by atoms with van der Waals surface area (Å²) in [6.45, 7) is 5.20. The lowest BCUT2D eigenvalue weighted by Gasteiger charge is -2.32. The second-order valence-electron chi connectivity index (χ2n) is 7.32. The second-order valence-corrected chi connectivity index (χ2v) is 7.73. The van der Waals surface area contributed by atoms with Gasteiger partial charge in [0.25, 0.3) is 5.91 Å². The average molecular weight is 404 g/mol. The number of nitrogens with zero attached hydrogens (tertiary/aromatic N) is 1. The number of methoxy groups -OCH3 is 1. The van der Waals surface area contributed by atoms with E-state index in [1.54, 1.807) is 35.2 Å². The van der Waals surface area contributed by atoms with Crippen molar-refractivity contribution in [3.8, 4) is 0 Å². The number of nitrogens with one attached hydrogen (secondary N) is 1. The van der Waals surface area contributed by atoms with Crippen LogP contribution in [0.2, 0.25) is 5.02 Å². The summed E-state index contributed by atoms with van der Waals surface area (Å²) in [5.41, 5.74) is 7.47. The molecular formula is C21H26ClN3O3. The average Bonchev–Trinajstić information content (AvgIpc) is 2.69. The molecule has 3 N–H and O–H groups in total. The fourth-order valence-corrected chi connectivity index (χ4v) is 2.87. The molecule has 0 bridgehead atoms. The van der Waals surface area contributed by atoms with Crippen LogP contribution >= 0.6 is 11.6 Å². The summed E-state index contributed by atoms with van der Waals surface area (Å²) in [7, 11) is 1.29. The number of hydrogen-bond acceptors (Lipinski definition) is 4. The van der Waals surface area contributed by atoms with Crippen molar-refractivity contribution in [3.63, 3.8) is 0 Å². The Morgan fingerprint density at radius 3 is 2.46 bits per heavy atom. The van der Waals surface area contributed by atoms with Crippen molar-refractivity contribution >= 4 is 29.3 Å². The molecule has 0 atom stereocenters. The van der Waals surface area contributed by atoms with Crippen LogP contribution in [0.15, 0.2) is 48.5 Å². The SMILES string of the molecule is COC(=O)Nc1ccc(Cl)c(CN(CC(C)(C)CN)C(=O)c2ccccc2)c1. The van der Waals surface area contributed by atoms with E-state index < -0.39 is 6.09 Å². The molecule has 0 radical (unpaired) electrons. The first-order chi connectivity index (χ1) is 13.3. The Balaban J connectivity index is 2.32.